The maximum atomic E-state index is 11.2. The molecule has 0 saturated heterocycles. The van der Waals surface area contributed by atoms with Crippen molar-refractivity contribution < 1.29 is 9.53 Å². The molecule has 0 bridgehead atoms. The third-order valence-corrected chi connectivity index (χ3v) is 2.86. The van der Waals surface area contributed by atoms with E-state index in [1.165, 1.54) is 16.2 Å². The molecule has 0 aliphatic rings. The molecule has 0 atom stereocenters. The highest BCUT2D eigenvalue weighted by Gasteiger charge is 2.11. The Kier molecular flexibility index (Phi) is 2.93. The van der Waals surface area contributed by atoms with E-state index in [1.54, 1.807) is 14.1 Å². The van der Waals surface area contributed by atoms with Crippen LogP contribution < -0.4 is 4.74 Å². The van der Waals surface area contributed by atoms with Crippen LogP contribution in [0.3, 0.4) is 0 Å². The van der Waals surface area contributed by atoms with Crippen LogP contribution in [0.4, 0.5) is 4.79 Å². The van der Waals surface area contributed by atoms with Gasteiger partial charge in [-0.15, -0.1) is 11.3 Å². The Labute approximate surface area is 81.9 Å². The molecule has 0 unspecified atom stereocenters. The van der Waals surface area contributed by atoms with E-state index in [0.29, 0.717) is 5.06 Å². The molecule has 0 spiro atoms. The van der Waals surface area contributed by atoms with E-state index in [0.717, 1.165) is 11.1 Å². The lowest BCUT2D eigenvalue weighted by Crippen LogP contribution is -2.25. The molecule has 4 heteroatoms. The number of hydrogen-bond donors (Lipinski definition) is 0. The summed E-state index contributed by atoms with van der Waals surface area (Å²) in [6.07, 6.45) is -0.329. The van der Waals surface area contributed by atoms with Crippen LogP contribution in [-0.4, -0.2) is 25.1 Å². The third-order valence-electron chi connectivity index (χ3n) is 1.79. The predicted octanol–water partition coefficient (Wildman–Crippen LogP) is 2.43. The van der Waals surface area contributed by atoms with Gasteiger partial charge < -0.3 is 9.64 Å². The van der Waals surface area contributed by atoms with Gasteiger partial charge in [-0.05, 0) is 24.8 Å². The summed E-state index contributed by atoms with van der Waals surface area (Å²) in [7, 11) is 3.33. The second-order valence-electron chi connectivity index (χ2n) is 3.09. The number of thiophene rings is 1. The van der Waals surface area contributed by atoms with Crippen molar-refractivity contribution in [2.75, 3.05) is 14.1 Å². The van der Waals surface area contributed by atoms with E-state index < -0.39 is 0 Å². The molecule has 0 fully saturated rings. The standard InChI is InChI=1S/C9H13NO2S/c1-6-5-13-8(7(6)2)12-9(11)10(3)4/h5H,1-4H3. The van der Waals surface area contributed by atoms with Crippen LogP contribution in [0.2, 0.25) is 0 Å². The van der Waals surface area contributed by atoms with Gasteiger partial charge in [-0.2, -0.15) is 0 Å². The lowest BCUT2D eigenvalue weighted by Gasteiger charge is -2.09. The molecule has 0 aliphatic carbocycles. The smallest absolute Gasteiger partial charge is 0.399 e. The van der Waals surface area contributed by atoms with Crippen LogP contribution >= 0.6 is 11.3 Å². The van der Waals surface area contributed by atoms with E-state index in [2.05, 4.69) is 0 Å². The summed E-state index contributed by atoms with van der Waals surface area (Å²) in [6, 6.07) is 0. The summed E-state index contributed by atoms with van der Waals surface area (Å²) in [5, 5.41) is 2.67. The highest BCUT2D eigenvalue weighted by molar-refractivity contribution is 7.12. The van der Waals surface area contributed by atoms with Gasteiger partial charge in [0, 0.05) is 19.7 Å². The molecule has 0 saturated carbocycles. The minimum Gasteiger partial charge on any atom is -0.399 e. The first-order chi connectivity index (χ1) is 6.02. The Balaban J connectivity index is 2.75. The Morgan fingerprint density at radius 3 is 2.46 bits per heavy atom. The maximum absolute atomic E-state index is 11.2. The van der Waals surface area contributed by atoms with Crippen LogP contribution in [0.5, 0.6) is 5.06 Å². The van der Waals surface area contributed by atoms with Gasteiger partial charge in [0.25, 0.3) is 0 Å². The fraction of sp³-hybridized carbons (Fsp3) is 0.444. The zero-order chi connectivity index (χ0) is 10.0. The van der Waals surface area contributed by atoms with Crippen molar-refractivity contribution in [1.29, 1.82) is 0 Å². The largest absolute Gasteiger partial charge is 0.415 e. The van der Waals surface area contributed by atoms with Crippen molar-refractivity contribution in [1.82, 2.24) is 4.90 Å². The molecule has 0 N–H and O–H groups in total. The van der Waals surface area contributed by atoms with E-state index in [9.17, 15) is 4.79 Å². The number of hydrogen-bond acceptors (Lipinski definition) is 3. The summed E-state index contributed by atoms with van der Waals surface area (Å²) in [6.45, 7) is 3.95. The lowest BCUT2D eigenvalue weighted by molar-refractivity contribution is 0.173. The molecule has 1 aromatic rings. The molecule has 13 heavy (non-hydrogen) atoms. The average molecular weight is 199 g/mol. The Bertz CT molecular complexity index is 317. The first-order valence-electron chi connectivity index (χ1n) is 3.96. The SMILES string of the molecule is Cc1csc(OC(=O)N(C)C)c1C. The van der Waals surface area contributed by atoms with Gasteiger partial charge in [-0.25, -0.2) is 4.79 Å². The van der Waals surface area contributed by atoms with Gasteiger partial charge >= 0.3 is 6.09 Å². The van der Waals surface area contributed by atoms with Crippen molar-refractivity contribution in [3.05, 3.63) is 16.5 Å². The normalized spacial score (nSPS) is 9.85. The zero-order valence-electron chi connectivity index (χ0n) is 8.25. The van der Waals surface area contributed by atoms with Gasteiger partial charge in [-0.1, -0.05) is 0 Å². The molecular formula is C9H13NO2S. The molecule has 1 rings (SSSR count). The van der Waals surface area contributed by atoms with Gasteiger partial charge in [0.1, 0.15) is 0 Å². The fourth-order valence-corrected chi connectivity index (χ4v) is 1.67. The van der Waals surface area contributed by atoms with E-state index in [4.69, 9.17) is 4.74 Å². The molecule has 1 amide bonds. The lowest BCUT2D eigenvalue weighted by atomic mass is 10.2. The highest BCUT2D eigenvalue weighted by Crippen LogP contribution is 2.29. The first-order valence-corrected chi connectivity index (χ1v) is 4.84. The maximum Gasteiger partial charge on any atom is 0.415 e. The third kappa shape index (κ3) is 2.21. The fourth-order valence-electron chi connectivity index (χ4n) is 0.751. The molecule has 0 radical (unpaired) electrons. The van der Waals surface area contributed by atoms with Crippen molar-refractivity contribution in [3.8, 4) is 5.06 Å². The molecule has 1 aromatic heterocycles. The van der Waals surface area contributed by atoms with Crippen molar-refractivity contribution in [2.24, 2.45) is 0 Å². The van der Waals surface area contributed by atoms with Crippen molar-refractivity contribution in [3.63, 3.8) is 0 Å². The molecule has 0 aliphatic heterocycles. The second kappa shape index (κ2) is 3.79. The number of rotatable bonds is 1. The number of ether oxygens (including phenoxy) is 1. The number of amides is 1. The number of aryl methyl sites for hydroxylation is 1. The summed E-state index contributed by atoms with van der Waals surface area (Å²) >= 11 is 1.45. The number of nitrogens with zero attached hydrogens (tertiary/aromatic N) is 1. The van der Waals surface area contributed by atoms with Gasteiger partial charge in [-0.3, -0.25) is 0 Å². The van der Waals surface area contributed by atoms with Gasteiger partial charge in [0.05, 0.1) is 0 Å². The van der Waals surface area contributed by atoms with E-state index in [1.807, 2.05) is 19.2 Å². The Hall–Kier alpha value is -1.03. The highest BCUT2D eigenvalue weighted by atomic mass is 32.1. The molecule has 3 nitrogen and oxygen atoms in total. The van der Waals surface area contributed by atoms with Gasteiger partial charge in [0.2, 0.25) is 0 Å². The minimum atomic E-state index is -0.329. The molecule has 72 valence electrons. The molecule has 1 heterocycles. The number of carbonyl (C=O) groups excluding carboxylic acids is 1. The first kappa shape index (κ1) is 10.1. The van der Waals surface area contributed by atoms with Crippen LogP contribution in [0.1, 0.15) is 11.1 Å². The van der Waals surface area contributed by atoms with Crippen molar-refractivity contribution >= 4 is 17.4 Å². The summed E-state index contributed by atoms with van der Waals surface area (Å²) < 4.78 is 5.13. The Morgan fingerprint density at radius 1 is 1.46 bits per heavy atom. The quantitative estimate of drug-likeness (QED) is 0.695. The summed E-state index contributed by atoms with van der Waals surface area (Å²) in [4.78, 5) is 12.6. The minimum absolute atomic E-state index is 0.329. The molecule has 0 aromatic carbocycles. The van der Waals surface area contributed by atoms with Crippen LogP contribution in [-0.2, 0) is 0 Å². The summed E-state index contributed by atoms with van der Waals surface area (Å²) in [5.41, 5.74) is 2.20. The van der Waals surface area contributed by atoms with Crippen LogP contribution in [0, 0.1) is 13.8 Å². The van der Waals surface area contributed by atoms with Gasteiger partial charge in [0.15, 0.2) is 5.06 Å². The predicted molar refractivity (Wildman–Crippen MR) is 53.5 cm³/mol. The van der Waals surface area contributed by atoms with E-state index in [-0.39, 0.29) is 6.09 Å². The molecular weight excluding hydrogens is 186 g/mol. The summed E-state index contributed by atoms with van der Waals surface area (Å²) in [5.74, 6) is 0. The van der Waals surface area contributed by atoms with Crippen molar-refractivity contribution in [2.45, 2.75) is 13.8 Å². The number of carbonyl (C=O) groups is 1. The average Bonchev–Trinajstić information content (AvgIpc) is 2.36. The second-order valence-corrected chi connectivity index (χ2v) is 3.94. The topological polar surface area (TPSA) is 29.5 Å². The zero-order valence-corrected chi connectivity index (χ0v) is 9.07. The van der Waals surface area contributed by atoms with Crippen LogP contribution in [0.15, 0.2) is 5.38 Å². The van der Waals surface area contributed by atoms with E-state index >= 15 is 0 Å². The van der Waals surface area contributed by atoms with Crippen LogP contribution in [0.25, 0.3) is 0 Å². The Morgan fingerprint density at radius 2 is 2.08 bits per heavy atom. The monoisotopic (exact) mass is 199 g/mol.